The highest BCUT2D eigenvalue weighted by Gasteiger charge is 2.21. The zero-order chi connectivity index (χ0) is 21.4. The minimum atomic E-state index is -3.11. The van der Waals surface area contributed by atoms with E-state index in [1.54, 1.807) is 0 Å². The average Bonchev–Trinajstić information content (AvgIpc) is 2.74. The number of unbranched alkanes of at least 4 members (excludes halogenated alkanes) is 1. The summed E-state index contributed by atoms with van der Waals surface area (Å²) in [6, 6.07) is 8.78. The van der Waals surface area contributed by atoms with Gasteiger partial charge in [0.1, 0.15) is 0 Å². The molecule has 6 nitrogen and oxygen atoms in total. The second kappa shape index (κ2) is 11.3. The van der Waals surface area contributed by atoms with Crippen molar-refractivity contribution in [3.05, 3.63) is 24.3 Å². The van der Waals surface area contributed by atoms with Gasteiger partial charge in [0.2, 0.25) is 10.0 Å². The number of anilines is 2. The summed E-state index contributed by atoms with van der Waals surface area (Å²) in [5.74, 6) is 0.691. The second-order valence-corrected chi connectivity index (χ2v) is 11.0. The monoisotopic (exact) mass is 436 g/mol. The van der Waals surface area contributed by atoms with Crippen molar-refractivity contribution in [1.29, 1.82) is 0 Å². The third kappa shape index (κ3) is 7.43. The zero-order valence-corrected chi connectivity index (χ0v) is 19.7. The van der Waals surface area contributed by atoms with Crippen LogP contribution in [0.4, 0.5) is 11.4 Å². The van der Waals surface area contributed by atoms with Crippen LogP contribution in [0, 0.1) is 5.92 Å². The van der Waals surface area contributed by atoms with E-state index in [9.17, 15) is 8.42 Å². The Morgan fingerprint density at radius 3 is 2.27 bits per heavy atom. The van der Waals surface area contributed by atoms with Gasteiger partial charge in [0, 0.05) is 58.2 Å². The minimum Gasteiger partial charge on any atom is -0.378 e. The molecule has 0 spiro atoms. The van der Waals surface area contributed by atoms with Crippen molar-refractivity contribution >= 4 is 21.4 Å². The normalized spacial score (nSPS) is 19.2. The number of nitrogens with zero attached hydrogens (tertiary/aromatic N) is 3. The van der Waals surface area contributed by atoms with Crippen molar-refractivity contribution in [1.82, 2.24) is 9.62 Å². The van der Waals surface area contributed by atoms with Gasteiger partial charge in [-0.15, -0.1) is 0 Å². The van der Waals surface area contributed by atoms with Crippen LogP contribution in [0.15, 0.2) is 24.3 Å². The van der Waals surface area contributed by atoms with Crippen LogP contribution in [0.5, 0.6) is 0 Å². The number of nitrogens with one attached hydrogen (secondary N) is 1. The summed E-state index contributed by atoms with van der Waals surface area (Å²) in [7, 11) is 1.02. The van der Waals surface area contributed by atoms with Crippen LogP contribution in [0.25, 0.3) is 0 Å². The topological polar surface area (TPSA) is 55.9 Å². The van der Waals surface area contributed by atoms with E-state index in [1.807, 2.05) is 0 Å². The number of piperazine rings is 1. The van der Waals surface area contributed by atoms with E-state index in [0.29, 0.717) is 18.2 Å². The van der Waals surface area contributed by atoms with Crippen molar-refractivity contribution in [3.63, 3.8) is 0 Å². The molecule has 1 saturated carbocycles. The van der Waals surface area contributed by atoms with Crippen LogP contribution in [-0.4, -0.2) is 72.4 Å². The molecule has 0 aromatic heterocycles. The first-order chi connectivity index (χ1) is 14.4. The number of hydrogen-bond donors (Lipinski definition) is 1. The van der Waals surface area contributed by atoms with E-state index in [2.05, 4.69) is 57.8 Å². The lowest BCUT2D eigenvalue weighted by atomic mass is 9.91. The van der Waals surface area contributed by atoms with E-state index >= 15 is 0 Å². The Morgan fingerprint density at radius 2 is 1.63 bits per heavy atom. The van der Waals surface area contributed by atoms with E-state index in [-0.39, 0.29) is 0 Å². The molecule has 0 amide bonds. The van der Waals surface area contributed by atoms with Gasteiger partial charge in [0.25, 0.3) is 0 Å². The summed E-state index contributed by atoms with van der Waals surface area (Å²) in [4.78, 5) is 7.08. The Kier molecular flexibility index (Phi) is 8.84. The van der Waals surface area contributed by atoms with Crippen LogP contribution in [0.2, 0.25) is 0 Å². The maximum Gasteiger partial charge on any atom is 0.211 e. The number of hydrogen-bond acceptors (Lipinski definition) is 5. The van der Waals surface area contributed by atoms with Gasteiger partial charge in [-0.25, -0.2) is 13.1 Å². The molecule has 2 aliphatic rings. The molecule has 3 rings (SSSR count). The van der Waals surface area contributed by atoms with E-state index in [0.717, 1.165) is 58.4 Å². The summed E-state index contributed by atoms with van der Waals surface area (Å²) >= 11 is 0. The van der Waals surface area contributed by atoms with Crippen molar-refractivity contribution in [2.24, 2.45) is 5.92 Å². The van der Waals surface area contributed by atoms with Gasteiger partial charge in [-0.2, -0.15) is 0 Å². The third-order valence-corrected chi connectivity index (χ3v) is 8.06. The molecule has 1 N–H and O–H groups in total. The number of sulfonamides is 1. The smallest absolute Gasteiger partial charge is 0.211 e. The fourth-order valence-corrected chi connectivity index (χ4v) is 6.13. The molecule has 0 atom stereocenters. The van der Waals surface area contributed by atoms with Crippen LogP contribution in [0.3, 0.4) is 0 Å². The molecule has 0 radical (unpaired) electrons. The molecule has 1 aromatic rings. The molecule has 1 heterocycles. The number of rotatable bonds is 10. The molecule has 0 unspecified atom stereocenters. The van der Waals surface area contributed by atoms with Gasteiger partial charge in [0.15, 0.2) is 0 Å². The Morgan fingerprint density at radius 1 is 0.967 bits per heavy atom. The highest BCUT2D eigenvalue weighted by molar-refractivity contribution is 7.89. The summed E-state index contributed by atoms with van der Waals surface area (Å²) in [5, 5.41) is 0. The summed E-state index contributed by atoms with van der Waals surface area (Å²) < 4.78 is 27.4. The van der Waals surface area contributed by atoms with Gasteiger partial charge in [-0.1, -0.05) is 19.3 Å². The average molecular weight is 437 g/mol. The summed E-state index contributed by atoms with van der Waals surface area (Å²) in [6.07, 6.45) is 7.75. The Bertz CT molecular complexity index is 722. The third-order valence-electron chi connectivity index (χ3n) is 6.51. The quantitative estimate of drug-likeness (QED) is 0.571. The first-order valence-electron chi connectivity index (χ1n) is 11.6. The highest BCUT2D eigenvalue weighted by Crippen LogP contribution is 2.24. The second-order valence-electron chi connectivity index (χ2n) is 9.13. The molecule has 0 bridgehead atoms. The van der Waals surface area contributed by atoms with Crippen LogP contribution in [0.1, 0.15) is 44.9 Å². The molecule has 2 fully saturated rings. The lowest BCUT2D eigenvalue weighted by Gasteiger charge is -2.36. The highest BCUT2D eigenvalue weighted by atomic mass is 32.2. The summed E-state index contributed by atoms with van der Waals surface area (Å²) in [5.41, 5.74) is 2.53. The minimum absolute atomic E-state index is 0.324. The molecule has 1 aliphatic carbocycles. The fourth-order valence-electron chi connectivity index (χ4n) is 4.60. The molecule has 1 aliphatic heterocycles. The standard InChI is InChI=1S/C23H40N4O2S/c1-25(2)22-10-12-23(13-11-22)27-18-16-26(17-19-27)15-7-6-14-24-30(28,29)20-21-8-4-3-5-9-21/h10-13,21,24H,3-9,14-20H2,1-2H3. The predicted octanol–water partition coefficient (Wildman–Crippen LogP) is 3.15. The predicted molar refractivity (Wildman–Crippen MR) is 127 cm³/mol. The summed E-state index contributed by atoms with van der Waals surface area (Å²) in [6.45, 7) is 5.88. The molecule has 30 heavy (non-hydrogen) atoms. The van der Waals surface area contributed by atoms with E-state index in [1.165, 1.54) is 30.6 Å². The Balaban J connectivity index is 1.28. The van der Waals surface area contributed by atoms with Gasteiger partial charge in [-0.3, -0.25) is 4.90 Å². The van der Waals surface area contributed by atoms with Gasteiger partial charge >= 0.3 is 0 Å². The maximum absolute atomic E-state index is 12.3. The first kappa shape index (κ1) is 23.4. The lowest BCUT2D eigenvalue weighted by Crippen LogP contribution is -2.46. The molecule has 7 heteroatoms. The fraction of sp³-hybridized carbons (Fsp3) is 0.739. The molecule has 1 saturated heterocycles. The van der Waals surface area contributed by atoms with E-state index < -0.39 is 10.0 Å². The van der Waals surface area contributed by atoms with Crippen molar-refractivity contribution in [3.8, 4) is 0 Å². The Hall–Kier alpha value is -1.31. The number of benzene rings is 1. The Labute approximate surface area is 183 Å². The molecule has 170 valence electrons. The van der Waals surface area contributed by atoms with Crippen LogP contribution in [-0.2, 0) is 10.0 Å². The zero-order valence-electron chi connectivity index (χ0n) is 18.9. The SMILES string of the molecule is CN(C)c1ccc(N2CCN(CCCCNS(=O)(=O)CC3CCCCC3)CC2)cc1. The molecular weight excluding hydrogens is 396 g/mol. The van der Waals surface area contributed by atoms with Crippen molar-refractivity contribution < 1.29 is 8.42 Å². The maximum atomic E-state index is 12.3. The van der Waals surface area contributed by atoms with Gasteiger partial charge < -0.3 is 9.80 Å². The van der Waals surface area contributed by atoms with Crippen molar-refractivity contribution in [2.75, 3.05) is 68.9 Å². The van der Waals surface area contributed by atoms with Gasteiger partial charge in [0.05, 0.1) is 5.75 Å². The molecular formula is C23H40N4O2S. The van der Waals surface area contributed by atoms with Crippen LogP contribution < -0.4 is 14.5 Å². The first-order valence-corrected chi connectivity index (χ1v) is 13.3. The largest absolute Gasteiger partial charge is 0.378 e. The van der Waals surface area contributed by atoms with Crippen LogP contribution >= 0.6 is 0 Å². The molecule has 1 aromatic carbocycles. The van der Waals surface area contributed by atoms with Gasteiger partial charge in [-0.05, 0) is 62.4 Å². The van der Waals surface area contributed by atoms with E-state index in [4.69, 9.17) is 0 Å². The lowest BCUT2D eigenvalue weighted by molar-refractivity contribution is 0.253. The van der Waals surface area contributed by atoms with Crippen molar-refractivity contribution in [2.45, 2.75) is 44.9 Å².